The third kappa shape index (κ3) is 3.88. The number of fused-ring (bicyclic) bond motifs is 1. The lowest BCUT2D eigenvalue weighted by Crippen LogP contribution is -2.19. The van der Waals surface area contributed by atoms with Crippen LogP contribution in [0.4, 0.5) is 21.3 Å². The molecule has 0 aliphatic heterocycles. The van der Waals surface area contributed by atoms with Crippen molar-refractivity contribution in [1.82, 2.24) is 4.98 Å². The maximum absolute atomic E-state index is 12.1. The number of nitrogens with zero attached hydrogens (tertiary/aromatic N) is 1. The van der Waals surface area contributed by atoms with E-state index in [1.54, 1.807) is 12.1 Å². The van der Waals surface area contributed by atoms with Gasteiger partial charge in [-0.2, -0.15) is 0 Å². The third-order valence-corrected chi connectivity index (χ3v) is 4.14. The topological polar surface area (TPSA) is 83.1 Å². The quantitative estimate of drug-likeness (QED) is 0.668. The van der Waals surface area contributed by atoms with Gasteiger partial charge in [-0.05, 0) is 42.8 Å². The van der Waals surface area contributed by atoms with Gasteiger partial charge in [0.05, 0.1) is 10.2 Å². The average Bonchev–Trinajstić information content (AvgIpc) is 2.87. The number of thiazole rings is 1. The Bertz CT molecular complexity index is 920. The molecule has 0 bridgehead atoms. The Morgan fingerprint density at radius 3 is 2.54 bits per heavy atom. The van der Waals surface area contributed by atoms with Gasteiger partial charge in [0.15, 0.2) is 5.13 Å². The maximum Gasteiger partial charge on any atom is 0.325 e. The molecule has 1 heterocycles. The van der Waals surface area contributed by atoms with Crippen LogP contribution >= 0.6 is 11.3 Å². The Kier molecular flexibility index (Phi) is 4.43. The predicted octanol–water partition coefficient (Wildman–Crippen LogP) is 4.21. The Balaban J connectivity index is 1.72. The molecule has 0 radical (unpaired) electrons. The molecule has 0 aliphatic rings. The third-order valence-electron chi connectivity index (χ3n) is 3.21. The largest absolute Gasteiger partial charge is 0.326 e. The van der Waals surface area contributed by atoms with E-state index in [2.05, 4.69) is 20.9 Å². The lowest BCUT2D eigenvalue weighted by molar-refractivity contribution is -0.114. The molecule has 3 aromatic rings. The Morgan fingerprint density at radius 1 is 1.00 bits per heavy atom. The second-order valence-corrected chi connectivity index (χ2v) is 6.36. The van der Waals surface area contributed by atoms with Crippen molar-refractivity contribution in [3.8, 4) is 0 Å². The molecule has 0 saturated heterocycles. The number of hydrogen-bond donors (Lipinski definition) is 3. The van der Waals surface area contributed by atoms with Gasteiger partial charge in [-0.3, -0.25) is 10.1 Å². The average molecular weight is 340 g/mol. The Morgan fingerprint density at radius 2 is 1.79 bits per heavy atom. The van der Waals surface area contributed by atoms with E-state index in [4.69, 9.17) is 0 Å². The first kappa shape index (κ1) is 15.9. The number of aryl methyl sites for hydroxylation is 1. The lowest BCUT2D eigenvalue weighted by Gasteiger charge is -2.05. The van der Waals surface area contributed by atoms with Crippen LogP contribution in [-0.2, 0) is 4.79 Å². The van der Waals surface area contributed by atoms with Crippen LogP contribution in [0.3, 0.4) is 0 Å². The number of benzene rings is 2. The smallest absolute Gasteiger partial charge is 0.325 e. The van der Waals surface area contributed by atoms with Crippen LogP contribution in [0.1, 0.15) is 12.5 Å². The fraction of sp³-hybridized carbons (Fsp3) is 0.118. The van der Waals surface area contributed by atoms with Gasteiger partial charge < -0.3 is 10.6 Å². The van der Waals surface area contributed by atoms with Crippen LogP contribution < -0.4 is 16.0 Å². The summed E-state index contributed by atoms with van der Waals surface area (Å²) < 4.78 is 0.882. The number of amides is 3. The zero-order valence-electron chi connectivity index (χ0n) is 13.2. The minimum Gasteiger partial charge on any atom is -0.326 e. The summed E-state index contributed by atoms with van der Waals surface area (Å²) >= 11 is 1.35. The molecule has 7 heteroatoms. The lowest BCUT2D eigenvalue weighted by atomic mass is 10.2. The summed E-state index contributed by atoms with van der Waals surface area (Å²) in [5.74, 6) is -0.130. The molecule has 0 spiro atoms. The standard InChI is InChI=1S/C17H16N4O2S/c1-10-4-3-5-12(8-10)19-16(23)21-17-20-14-7-6-13(18-11(2)22)9-15(14)24-17/h3-9H,1-2H3,(H,18,22)(H2,19,20,21,23). The number of carbonyl (C=O) groups excluding carboxylic acids is 2. The molecular weight excluding hydrogens is 324 g/mol. The molecule has 0 unspecified atom stereocenters. The molecule has 6 nitrogen and oxygen atoms in total. The van der Waals surface area contributed by atoms with Gasteiger partial charge in [-0.15, -0.1) is 0 Å². The number of aromatic nitrogens is 1. The summed E-state index contributed by atoms with van der Waals surface area (Å²) in [5, 5.41) is 8.72. The first-order chi connectivity index (χ1) is 11.5. The van der Waals surface area contributed by atoms with Crippen molar-refractivity contribution < 1.29 is 9.59 Å². The molecule has 3 N–H and O–H groups in total. The van der Waals surface area contributed by atoms with E-state index in [1.165, 1.54) is 18.3 Å². The molecule has 3 amide bonds. The zero-order valence-corrected chi connectivity index (χ0v) is 14.0. The highest BCUT2D eigenvalue weighted by atomic mass is 32.1. The predicted molar refractivity (Wildman–Crippen MR) is 97.7 cm³/mol. The van der Waals surface area contributed by atoms with Gasteiger partial charge in [-0.1, -0.05) is 23.5 Å². The van der Waals surface area contributed by atoms with Crippen molar-refractivity contribution in [3.63, 3.8) is 0 Å². The number of anilines is 3. The summed E-state index contributed by atoms with van der Waals surface area (Å²) in [6.07, 6.45) is 0. The van der Waals surface area contributed by atoms with Crippen molar-refractivity contribution in [2.45, 2.75) is 13.8 Å². The number of urea groups is 1. The fourth-order valence-corrected chi connectivity index (χ4v) is 3.14. The SMILES string of the molecule is CC(=O)Nc1ccc2nc(NC(=O)Nc3cccc(C)c3)sc2c1. The van der Waals surface area contributed by atoms with E-state index >= 15 is 0 Å². The molecule has 0 fully saturated rings. The van der Waals surface area contributed by atoms with E-state index in [0.29, 0.717) is 10.8 Å². The van der Waals surface area contributed by atoms with Crippen LogP contribution in [0.25, 0.3) is 10.2 Å². The highest BCUT2D eigenvalue weighted by Crippen LogP contribution is 2.28. The number of rotatable bonds is 3. The summed E-state index contributed by atoms with van der Waals surface area (Å²) in [5.41, 5.74) is 3.26. The van der Waals surface area contributed by atoms with Gasteiger partial charge in [0, 0.05) is 18.3 Å². The molecule has 0 saturated carbocycles. The van der Waals surface area contributed by atoms with E-state index in [9.17, 15) is 9.59 Å². The molecule has 3 rings (SSSR count). The summed E-state index contributed by atoms with van der Waals surface area (Å²) in [6, 6.07) is 12.6. The van der Waals surface area contributed by atoms with Gasteiger partial charge >= 0.3 is 6.03 Å². The van der Waals surface area contributed by atoms with Crippen molar-refractivity contribution in [2.24, 2.45) is 0 Å². The Hall–Kier alpha value is -2.93. The molecule has 24 heavy (non-hydrogen) atoms. The highest BCUT2D eigenvalue weighted by Gasteiger charge is 2.09. The van der Waals surface area contributed by atoms with Crippen LogP contribution in [0.15, 0.2) is 42.5 Å². The van der Waals surface area contributed by atoms with E-state index < -0.39 is 0 Å². The van der Waals surface area contributed by atoms with Crippen molar-refractivity contribution >= 4 is 50.0 Å². The molecule has 2 aromatic carbocycles. The monoisotopic (exact) mass is 340 g/mol. The zero-order chi connectivity index (χ0) is 17.1. The first-order valence-corrected chi connectivity index (χ1v) is 8.14. The summed E-state index contributed by atoms with van der Waals surface area (Å²) in [7, 11) is 0. The van der Waals surface area contributed by atoms with Gasteiger partial charge in [-0.25, -0.2) is 9.78 Å². The summed E-state index contributed by atoms with van der Waals surface area (Å²) in [6.45, 7) is 3.42. The second-order valence-electron chi connectivity index (χ2n) is 5.33. The van der Waals surface area contributed by atoms with E-state index in [1.807, 2.05) is 37.3 Å². The normalized spacial score (nSPS) is 10.4. The van der Waals surface area contributed by atoms with Crippen LogP contribution in [0, 0.1) is 6.92 Å². The number of carbonyl (C=O) groups is 2. The van der Waals surface area contributed by atoms with Crippen LogP contribution in [0.5, 0.6) is 0 Å². The van der Waals surface area contributed by atoms with Crippen molar-refractivity contribution in [1.29, 1.82) is 0 Å². The molecule has 0 aliphatic carbocycles. The first-order valence-electron chi connectivity index (χ1n) is 7.32. The van der Waals surface area contributed by atoms with Crippen molar-refractivity contribution in [3.05, 3.63) is 48.0 Å². The second kappa shape index (κ2) is 6.67. The summed E-state index contributed by atoms with van der Waals surface area (Å²) in [4.78, 5) is 27.5. The van der Waals surface area contributed by atoms with E-state index in [-0.39, 0.29) is 11.9 Å². The van der Waals surface area contributed by atoms with Gasteiger partial charge in [0.2, 0.25) is 5.91 Å². The molecule has 0 atom stereocenters. The fourth-order valence-electron chi connectivity index (χ4n) is 2.24. The van der Waals surface area contributed by atoms with Crippen LogP contribution in [-0.4, -0.2) is 16.9 Å². The highest BCUT2D eigenvalue weighted by molar-refractivity contribution is 7.22. The minimum absolute atomic E-state index is 0.130. The molecule has 122 valence electrons. The maximum atomic E-state index is 12.1. The van der Waals surface area contributed by atoms with E-state index in [0.717, 1.165) is 21.5 Å². The van der Waals surface area contributed by atoms with Gasteiger partial charge in [0.1, 0.15) is 0 Å². The van der Waals surface area contributed by atoms with Crippen LogP contribution in [0.2, 0.25) is 0 Å². The number of nitrogens with one attached hydrogen (secondary N) is 3. The number of hydrogen-bond acceptors (Lipinski definition) is 4. The van der Waals surface area contributed by atoms with Gasteiger partial charge in [0.25, 0.3) is 0 Å². The minimum atomic E-state index is -0.346. The molecule has 1 aromatic heterocycles. The molecular formula is C17H16N4O2S. The van der Waals surface area contributed by atoms with Crippen molar-refractivity contribution in [2.75, 3.05) is 16.0 Å². The Labute approximate surface area is 142 Å².